The molecule has 1 unspecified atom stereocenters. The predicted molar refractivity (Wildman–Crippen MR) is 70.4 cm³/mol. The van der Waals surface area contributed by atoms with E-state index in [1.54, 1.807) is 0 Å². The van der Waals surface area contributed by atoms with Gasteiger partial charge in [-0.15, -0.1) is 0 Å². The second kappa shape index (κ2) is 4.35. The first-order valence-corrected chi connectivity index (χ1v) is 7.39. The Morgan fingerprint density at radius 2 is 2.11 bits per heavy atom. The molecule has 0 saturated carbocycles. The second-order valence-electron chi connectivity index (χ2n) is 6.08. The van der Waals surface area contributed by atoms with Crippen LogP contribution in [-0.4, -0.2) is 40.6 Å². The third-order valence-corrected chi connectivity index (χ3v) is 5.09. The van der Waals surface area contributed by atoms with E-state index < -0.39 is 0 Å². The van der Waals surface area contributed by atoms with Crippen molar-refractivity contribution in [2.75, 3.05) is 26.2 Å². The van der Waals surface area contributed by atoms with E-state index in [1.807, 2.05) is 0 Å². The van der Waals surface area contributed by atoms with Crippen molar-refractivity contribution < 1.29 is 0 Å². The van der Waals surface area contributed by atoms with Crippen LogP contribution in [0.25, 0.3) is 0 Å². The van der Waals surface area contributed by atoms with Crippen molar-refractivity contribution in [1.82, 2.24) is 19.8 Å². The van der Waals surface area contributed by atoms with Gasteiger partial charge in [0.05, 0.1) is 18.1 Å². The van der Waals surface area contributed by atoms with E-state index in [1.165, 1.54) is 51.0 Å². The molecule has 1 aromatic rings. The summed E-state index contributed by atoms with van der Waals surface area (Å²) >= 11 is 0. The standard InChI is InChI=1S/C14H22N4/c1-2-12(16-5-1)13-8-15-10-18(13)14-9-17-6-3-11(14)4-7-17/h8,10-12,14,16H,1-7,9H2/t12-,14?/m0/s1. The number of nitrogens with zero attached hydrogens (tertiary/aromatic N) is 3. The van der Waals surface area contributed by atoms with Crippen molar-refractivity contribution in [2.45, 2.75) is 37.8 Å². The fourth-order valence-corrected chi connectivity index (χ4v) is 4.05. The molecule has 4 nitrogen and oxygen atoms in total. The zero-order valence-electron chi connectivity index (χ0n) is 10.9. The molecule has 0 amide bonds. The van der Waals surface area contributed by atoms with Crippen LogP contribution in [-0.2, 0) is 0 Å². The molecule has 0 radical (unpaired) electrons. The fourth-order valence-electron chi connectivity index (χ4n) is 4.05. The summed E-state index contributed by atoms with van der Waals surface area (Å²) in [5.74, 6) is 0.879. The van der Waals surface area contributed by atoms with Crippen LogP contribution in [0.4, 0.5) is 0 Å². The average molecular weight is 246 g/mol. The molecule has 5 rings (SSSR count). The van der Waals surface area contributed by atoms with Crippen LogP contribution in [0, 0.1) is 5.92 Å². The van der Waals surface area contributed by atoms with Gasteiger partial charge in [-0.3, -0.25) is 0 Å². The second-order valence-corrected chi connectivity index (χ2v) is 6.08. The Kier molecular flexibility index (Phi) is 2.66. The minimum Gasteiger partial charge on any atom is -0.328 e. The Hall–Kier alpha value is -0.870. The number of piperidine rings is 3. The molecular weight excluding hydrogens is 224 g/mol. The van der Waals surface area contributed by atoms with E-state index in [0.717, 1.165) is 12.5 Å². The van der Waals surface area contributed by atoms with E-state index in [0.29, 0.717) is 12.1 Å². The molecule has 98 valence electrons. The molecule has 0 aromatic carbocycles. The van der Waals surface area contributed by atoms with Crippen LogP contribution < -0.4 is 5.32 Å². The van der Waals surface area contributed by atoms with Crippen molar-refractivity contribution in [1.29, 1.82) is 0 Å². The van der Waals surface area contributed by atoms with Crippen molar-refractivity contribution in [2.24, 2.45) is 5.92 Å². The molecule has 0 spiro atoms. The van der Waals surface area contributed by atoms with Crippen LogP contribution in [0.5, 0.6) is 0 Å². The van der Waals surface area contributed by atoms with E-state index in [-0.39, 0.29) is 0 Å². The Labute approximate surface area is 108 Å². The van der Waals surface area contributed by atoms with E-state index in [4.69, 9.17) is 0 Å². The minimum absolute atomic E-state index is 0.544. The van der Waals surface area contributed by atoms with Crippen molar-refractivity contribution in [3.63, 3.8) is 0 Å². The summed E-state index contributed by atoms with van der Waals surface area (Å²) in [7, 11) is 0. The quantitative estimate of drug-likeness (QED) is 0.860. The lowest BCUT2D eigenvalue weighted by atomic mass is 9.83. The molecule has 5 heterocycles. The van der Waals surface area contributed by atoms with Crippen molar-refractivity contribution >= 4 is 0 Å². The van der Waals surface area contributed by atoms with Gasteiger partial charge in [0.2, 0.25) is 0 Å². The van der Waals surface area contributed by atoms with Gasteiger partial charge in [0.25, 0.3) is 0 Å². The van der Waals surface area contributed by atoms with Gasteiger partial charge in [-0.05, 0) is 51.2 Å². The lowest BCUT2D eigenvalue weighted by Gasteiger charge is -2.45. The zero-order chi connectivity index (χ0) is 11.9. The van der Waals surface area contributed by atoms with Gasteiger partial charge in [-0.25, -0.2) is 4.98 Å². The van der Waals surface area contributed by atoms with Gasteiger partial charge in [0.15, 0.2) is 0 Å². The Bertz CT molecular complexity index is 413. The van der Waals surface area contributed by atoms with Crippen LogP contribution >= 0.6 is 0 Å². The minimum atomic E-state index is 0.544. The average Bonchev–Trinajstić information content (AvgIpc) is 3.11. The zero-order valence-corrected chi connectivity index (χ0v) is 10.9. The molecule has 4 fully saturated rings. The number of fused-ring (bicyclic) bond motifs is 3. The number of hydrogen-bond donors (Lipinski definition) is 1. The van der Waals surface area contributed by atoms with E-state index in [2.05, 4.69) is 32.3 Å². The first-order chi connectivity index (χ1) is 8.92. The van der Waals surface area contributed by atoms with Crippen molar-refractivity contribution in [3.05, 3.63) is 18.2 Å². The van der Waals surface area contributed by atoms with Gasteiger partial charge in [0, 0.05) is 18.8 Å². The SMILES string of the molecule is c1ncn(C2CN3CCC2CC3)c1[C@@H]1CCCN1. The highest BCUT2D eigenvalue weighted by molar-refractivity contribution is 5.10. The fraction of sp³-hybridized carbons (Fsp3) is 0.786. The summed E-state index contributed by atoms with van der Waals surface area (Å²) in [5.41, 5.74) is 1.42. The molecule has 18 heavy (non-hydrogen) atoms. The number of rotatable bonds is 2. The molecule has 0 aliphatic carbocycles. The maximum absolute atomic E-state index is 4.43. The number of hydrogen-bond acceptors (Lipinski definition) is 3. The molecule has 2 atom stereocenters. The highest BCUT2D eigenvalue weighted by atomic mass is 15.2. The molecule has 2 bridgehead atoms. The molecule has 1 N–H and O–H groups in total. The highest BCUT2D eigenvalue weighted by Gasteiger charge is 2.36. The molecule has 4 aliphatic heterocycles. The third kappa shape index (κ3) is 1.70. The topological polar surface area (TPSA) is 33.1 Å². The van der Waals surface area contributed by atoms with Crippen LogP contribution in [0.2, 0.25) is 0 Å². The summed E-state index contributed by atoms with van der Waals surface area (Å²) in [6.45, 7) is 5.02. The molecular formula is C14H22N4. The summed E-state index contributed by atoms with van der Waals surface area (Å²) < 4.78 is 2.49. The maximum atomic E-state index is 4.43. The Morgan fingerprint density at radius 3 is 2.78 bits per heavy atom. The Balaban J connectivity index is 1.62. The van der Waals surface area contributed by atoms with E-state index >= 15 is 0 Å². The van der Waals surface area contributed by atoms with Crippen LogP contribution in [0.1, 0.15) is 43.5 Å². The summed E-state index contributed by atoms with van der Waals surface area (Å²) in [6, 6.07) is 1.22. The summed E-state index contributed by atoms with van der Waals surface area (Å²) in [6.07, 6.45) is 9.48. The predicted octanol–water partition coefficient (Wildman–Crippen LogP) is 1.57. The highest BCUT2D eigenvalue weighted by Crippen LogP contribution is 2.37. The summed E-state index contributed by atoms with van der Waals surface area (Å²) in [5, 5.41) is 3.61. The van der Waals surface area contributed by atoms with Crippen LogP contribution in [0.3, 0.4) is 0 Å². The lowest BCUT2D eigenvalue weighted by molar-refractivity contribution is 0.0552. The van der Waals surface area contributed by atoms with Gasteiger partial charge in [-0.2, -0.15) is 0 Å². The molecule has 4 heteroatoms. The van der Waals surface area contributed by atoms with Gasteiger partial charge in [-0.1, -0.05) is 0 Å². The number of imidazole rings is 1. The molecule has 4 saturated heterocycles. The largest absolute Gasteiger partial charge is 0.328 e. The Morgan fingerprint density at radius 1 is 1.22 bits per heavy atom. The van der Waals surface area contributed by atoms with E-state index in [9.17, 15) is 0 Å². The number of nitrogens with one attached hydrogen (secondary N) is 1. The first-order valence-electron chi connectivity index (χ1n) is 7.39. The maximum Gasteiger partial charge on any atom is 0.0951 e. The molecule has 1 aromatic heterocycles. The van der Waals surface area contributed by atoms with Crippen molar-refractivity contribution in [3.8, 4) is 0 Å². The first kappa shape index (κ1) is 11.0. The monoisotopic (exact) mass is 246 g/mol. The van der Waals surface area contributed by atoms with Crippen LogP contribution in [0.15, 0.2) is 12.5 Å². The molecule has 4 aliphatic rings. The third-order valence-electron chi connectivity index (χ3n) is 5.09. The smallest absolute Gasteiger partial charge is 0.0951 e. The lowest BCUT2D eigenvalue weighted by Crippen LogP contribution is -2.48. The normalized spacial score (nSPS) is 39.3. The number of aromatic nitrogens is 2. The van der Waals surface area contributed by atoms with Gasteiger partial charge < -0.3 is 14.8 Å². The summed E-state index contributed by atoms with van der Waals surface area (Å²) in [4.78, 5) is 7.05. The van der Waals surface area contributed by atoms with Gasteiger partial charge in [0.1, 0.15) is 0 Å². The van der Waals surface area contributed by atoms with Gasteiger partial charge >= 0.3 is 0 Å².